The van der Waals surface area contributed by atoms with Crippen LogP contribution in [-0.4, -0.2) is 66.3 Å². The van der Waals surface area contributed by atoms with Gasteiger partial charge in [0.05, 0.1) is 0 Å². The second-order valence-corrected chi connectivity index (χ2v) is 6.50. The number of carbonyl (C=O) groups is 3. The fourth-order valence-corrected chi connectivity index (χ4v) is 3.26. The molecule has 0 aromatic heterocycles. The van der Waals surface area contributed by atoms with Crippen LogP contribution in [0.15, 0.2) is 0 Å². The molecule has 0 aromatic carbocycles. The van der Waals surface area contributed by atoms with E-state index < -0.39 is 0 Å². The van der Waals surface area contributed by atoms with Gasteiger partial charge in [-0.3, -0.25) is 14.4 Å². The molecule has 3 amide bonds. The molecule has 1 aliphatic heterocycles. The Kier molecular flexibility index (Phi) is 10.1. The summed E-state index contributed by atoms with van der Waals surface area (Å²) < 4.78 is 0. The maximum absolute atomic E-state index is 12.5. The number of amides is 3. The second-order valence-electron chi connectivity index (χ2n) is 6.50. The molecule has 1 atom stereocenters. The lowest BCUT2D eigenvalue weighted by Crippen LogP contribution is -2.49. The summed E-state index contributed by atoms with van der Waals surface area (Å²) in [5.41, 5.74) is 5.38. The third-order valence-corrected chi connectivity index (χ3v) is 4.75. The van der Waals surface area contributed by atoms with Crippen molar-refractivity contribution in [3.05, 3.63) is 0 Å². The van der Waals surface area contributed by atoms with Crippen molar-refractivity contribution in [2.45, 2.75) is 64.8 Å². The Balaban J connectivity index is 2.42. The first-order valence-corrected chi connectivity index (χ1v) is 9.57. The van der Waals surface area contributed by atoms with Gasteiger partial charge in [0.2, 0.25) is 17.7 Å². The summed E-state index contributed by atoms with van der Waals surface area (Å²) in [4.78, 5) is 39.8. The highest BCUT2D eigenvalue weighted by Crippen LogP contribution is 2.18. The Morgan fingerprint density at radius 2 is 1.84 bits per heavy atom. The first kappa shape index (κ1) is 21.4. The molecule has 0 bridgehead atoms. The van der Waals surface area contributed by atoms with Crippen molar-refractivity contribution >= 4 is 17.7 Å². The smallest absolute Gasteiger partial charge is 0.222 e. The van der Waals surface area contributed by atoms with E-state index >= 15 is 0 Å². The van der Waals surface area contributed by atoms with Crippen LogP contribution in [0, 0.1) is 0 Å². The van der Waals surface area contributed by atoms with Crippen LogP contribution in [0.1, 0.15) is 58.8 Å². The average Bonchev–Trinajstić information content (AvgIpc) is 2.61. The summed E-state index contributed by atoms with van der Waals surface area (Å²) in [5.74, 6) is 0.137. The molecule has 25 heavy (non-hydrogen) atoms. The van der Waals surface area contributed by atoms with Crippen molar-refractivity contribution in [1.29, 1.82) is 0 Å². The molecule has 1 rings (SSSR count). The van der Waals surface area contributed by atoms with Crippen LogP contribution in [0.25, 0.3) is 0 Å². The van der Waals surface area contributed by atoms with E-state index in [4.69, 9.17) is 5.73 Å². The van der Waals surface area contributed by atoms with Crippen LogP contribution >= 0.6 is 0 Å². The summed E-state index contributed by atoms with van der Waals surface area (Å²) in [5, 5.41) is 2.87. The molecule has 1 saturated heterocycles. The number of nitrogens with two attached hydrogens (primary N) is 1. The van der Waals surface area contributed by atoms with Crippen LogP contribution < -0.4 is 11.1 Å². The fourth-order valence-electron chi connectivity index (χ4n) is 3.26. The largest absolute Gasteiger partial charge is 0.354 e. The molecule has 144 valence electrons. The van der Waals surface area contributed by atoms with E-state index in [1.54, 1.807) is 4.90 Å². The number of rotatable bonds is 10. The standard InChI is InChI=1S/C18H34N4O3/c1-3-21(4-2)17(24)9-7-10-18(25)22-13-6-5-8-15(22)14-20-16(23)11-12-19/h15H,3-14,19H2,1-2H3,(H,20,23). The monoisotopic (exact) mass is 354 g/mol. The van der Waals surface area contributed by atoms with Gasteiger partial charge in [0.1, 0.15) is 0 Å². The van der Waals surface area contributed by atoms with Gasteiger partial charge in [0, 0.05) is 58.0 Å². The predicted molar refractivity (Wildman–Crippen MR) is 97.8 cm³/mol. The van der Waals surface area contributed by atoms with Crippen LogP contribution in [0.5, 0.6) is 0 Å². The number of likely N-dealkylation sites (tertiary alicyclic amines) is 1. The lowest BCUT2D eigenvalue weighted by molar-refractivity contribution is -0.136. The van der Waals surface area contributed by atoms with Gasteiger partial charge in [-0.25, -0.2) is 0 Å². The zero-order chi connectivity index (χ0) is 18.7. The Labute approximate surface area is 151 Å². The highest BCUT2D eigenvalue weighted by Gasteiger charge is 2.26. The molecule has 1 heterocycles. The molecule has 7 nitrogen and oxygen atoms in total. The Morgan fingerprint density at radius 1 is 1.12 bits per heavy atom. The van der Waals surface area contributed by atoms with E-state index in [9.17, 15) is 14.4 Å². The summed E-state index contributed by atoms with van der Waals surface area (Å²) in [7, 11) is 0. The number of nitrogens with one attached hydrogen (secondary N) is 1. The maximum atomic E-state index is 12.5. The lowest BCUT2D eigenvalue weighted by Gasteiger charge is -2.36. The van der Waals surface area contributed by atoms with Gasteiger partial charge in [-0.1, -0.05) is 0 Å². The topological polar surface area (TPSA) is 95.7 Å². The minimum atomic E-state index is -0.0645. The first-order chi connectivity index (χ1) is 12.0. The molecule has 3 N–H and O–H groups in total. The number of nitrogens with zero attached hydrogens (tertiary/aromatic N) is 2. The molecule has 0 radical (unpaired) electrons. The van der Waals surface area contributed by atoms with E-state index in [0.717, 1.165) is 25.8 Å². The normalized spacial score (nSPS) is 17.2. The summed E-state index contributed by atoms with van der Waals surface area (Å²) in [6, 6.07) is 0.0569. The lowest BCUT2D eigenvalue weighted by atomic mass is 10.0. The second kappa shape index (κ2) is 11.8. The van der Waals surface area contributed by atoms with Gasteiger partial charge in [-0.15, -0.1) is 0 Å². The van der Waals surface area contributed by atoms with Crippen LogP contribution in [-0.2, 0) is 14.4 Å². The molecular weight excluding hydrogens is 320 g/mol. The van der Waals surface area contributed by atoms with E-state index in [-0.39, 0.29) is 23.8 Å². The van der Waals surface area contributed by atoms with E-state index in [1.165, 1.54) is 0 Å². The number of piperidine rings is 1. The fraction of sp³-hybridized carbons (Fsp3) is 0.833. The third-order valence-electron chi connectivity index (χ3n) is 4.75. The molecule has 7 heteroatoms. The molecule has 0 saturated carbocycles. The number of carbonyl (C=O) groups excluding carboxylic acids is 3. The maximum Gasteiger partial charge on any atom is 0.222 e. The average molecular weight is 354 g/mol. The molecular formula is C18H34N4O3. The Bertz CT molecular complexity index is 438. The minimum absolute atomic E-state index is 0.0569. The first-order valence-electron chi connectivity index (χ1n) is 9.57. The van der Waals surface area contributed by atoms with Gasteiger partial charge in [-0.2, -0.15) is 0 Å². The van der Waals surface area contributed by atoms with E-state index in [0.29, 0.717) is 51.9 Å². The van der Waals surface area contributed by atoms with Gasteiger partial charge >= 0.3 is 0 Å². The summed E-state index contributed by atoms with van der Waals surface area (Å²) in [6.07, 6.45) is 4.68. The zero-order valence-electron chi connectivity index (χ0n) is 15.8. The quantitative estimate of drug-likeness (QED) is 0.608. The van der Waals surface area contributed by atoms with Crippen molar-refractivity contribution in [1.82, 2.24) is 15.1 Å². The highest BCUT2D eigenvalue weighted by molar-refractivity contribution is 5.79. The molecule has 1 unspecified atom stereocenters. The van der Waals surface area contributed by atoms with Gasteiger partial charge < -0.3 is 20.9 Å². The summed E-state index contributed by atoms with van der Waals surface area (Å²) >= 11 is 0. The Morgan fingerprint density at radius 3 is 2.48 bits per heavy atom. The minimum Gasteiger partial charge on any atom is -0.354 e. The van der Waals surface area contributed by atoms with Crippen molar-refractivity contribution in [3.8, 4) is 0 Å². The van der Waals surface area contributed by atoms with Crippen LogP contribution in [0.4, 0.5) is 0 Å². The van der Waals surface area contributed by atoms with Gasteiger partial charge in [-0.05, 0) is 39.5 Å². The van der Waals surface area contributed by atoms with E-state index in [2.05, 4.69) is 5.32 Å². The number of hydrogen-bond donors (Lipinski definition) is 2. The molecule has 0 aliphatic carbocycles. The molecule has 1 aliphatic rings. The molecule has 1 fully saturated rings. The van der Waals surface area contributed by atoms with Gasteiger partial charge in [0.25, 0.3) is 0 Å². The number of hydrogen-bond acceptors (Lipinski definition) is 4. The summed E-state index contributed by atoms with van der Waals surface area (Å²) in [6.45, 7) is 6.90. The molecule has 0 spiro atoms. The predicted octanol–water partition coefficient (Wildman–Crippen LogP) is 0.871. The van der Waals surface area contributed by atoms with Crippen molar-refractivity contribution in [2.24, 2.45) is 5.73 Å². The SMILES string of the molecule is CCN(CC)C(=O)CCCC(=O)N1CCCCC1CNC(=O)CCN. The third kappa shape index (κ3) is 7.42. The van der Waals surface area contributed by atoms with Crippen LogP contribution in [0.3, 0.4) is 0 Å². The van der Waals surface area contributed by atoms with Gasteiger partial charge in [0.15, 0.2) is 0 Å². The van der Waals surface area contributed by atoms with Crippen molar-refractivity contribution < 1.29 is 14.4 Å². The van der Waals surface area contributed by atoms with Crippen LogP contribution in [0.2, 0.25) is 0 Å². The van der Waals surface area contributed by atoms with E-state index in [1.807, 2.05) is 18.7 Å². The van der Waals surface area contributed by atoms with Crippen molar-refractivity contribution in [3.63, 3.8) is 0 Å². The Hall–Kier alpha value is -1.63. The highest BCUT2D eigenvalue weighted by atomic mass is 16.2. The molecule has 0 aromatic rings. The van der Waals surface area contributed by atoms with Crippen molar-refractivity contribution in [2.75, 3.05) is 32.7 Å². The zero-order valence-corrected chi connectivity index (χ0v) is 15.8.